The van der Waals surface area contributed by atoms with Gasteiger partial charge in [0, 0.05) is 14.2 Å². The molecule has 0 radical (unpaired) electrons. The van der Waals surface area contributed by atoms with Gasteiger partial charge < -0.3 is 19.5 Å². The first kappa shape index (κ1) is 16.4. The Morgan fingerprint density at radius 2 is 1.88 bits per heavy atom. The molecule has 0 bridgehead atoms. The molecule has 1 saturated heterocycles. The first-order valence-electron chi connectivity index (χ1n) is 5.85. The third-order valence-corrected chi connectivity index (χ3v) is 1.99. The van der Waals surface area contributed by atoms with Crippen molar-refractivity contribution in [1.29, 1.82) is 0 Å². The smallest absolute Gasteiger partial charge is 0.323 e. The molecule has 0 aliphatic carbocycles. The zero-order valence-corrected chi connectivity index (χ0v) is 11.5. The van der Waals surface area contributed by atoms with Gasteiger partial charge in [0.05, 0.1) is 0 Å². The molecule has 102 valence electrons. The summed E-state index contributed by atoms with van der Waals surface area (Å²) in [6.07, 6.45) is 1.98. The van der Waals surface area contributed by atoms with E-state index in [1.54, 1.807) is 14.2 Å². The Kier molecular flexibility index (Phi) is 8.12. The summed E-state index contributed by atoms with van der Waals surface area (Å²) in [5.74, 6) is -0.111. The Morgan fingerprint density at radius 3 is 2.18 bits per heavy atom. The molecule has 1 aliphatic rings. The van der Waals surface area contributed by atoms with Crippen molar-refractivity contribution in [3.8, 4) is 0 Å². The lowest BCUT2D eigenvalue weighted by Gasteiger charge is -2.21. The van der Waals surface area contributed by atoms with Crippen LogP contribution in [0.15, 0.2) is 0 Å². The van der Waals surface area contributed by atoms with Gasteiger partial charge in [0.1, 0.15) is 18.4 Å². The van der Waals surface area contributed by atoms with E-state index in [4.69, 9.17) is 4.74 Å². The molecule has 1 fully saturated rings. The van der Waals surface area contributed by atoms with Crippen LogP contribution in [0.3, 0.4) is 0 Å². The lowest BCUT2D eigenvalue weighted by atomic mass is 10.2. The third kappa shape index (κ3) is 9.09. The second-order valence-electron chi connectivity index (χ2n) is 4.88. The molecule has 1 atom stereocenters. The van der Waals surface area contributed by atoms with E-state index in [0.29, 0.717) is 6.79 Å². The number of carbonyl (C=O) groups excluding carboxylic acids is 1. The van der Waals surface area contributed by atoms with Gasteiger partial charge in [-0.15, -0.1) is 0 Å². The monoisotopic (exact) mass is 247 g/mol. The number of hydrogen-bond donors (Lipinski definition) is 1. The van der Waals surface area contributed by atoms with Crippen LogP contribution in [0, 0.1) is 0 Å². The number of carbonyl (C=O) groups is 1. The summed E-state index contributed by atoms with van der Waals surface area (Å²) in [5.41, 5.74) is -0.360. The highest BCUT2D eigenvalue weighted by molar-refractivity contribution is 5.76. The first-order chi connectivity index (χ1) is 7.90. The molecule has 1 heterocycles. The lowest BCUT2D eigenvalue weighted by molar-refractivity contribution is -0.157. The van der Waals surface area contributed by atoms with Crippen LogP contribution in [0.2, 0.25) is 0 Å². The van der Waals surface area contributed by atoms with E-state index in [0.717, 1.165) is 19.4 Å². The summed E-state index contributed by atoms with van der Waals surface area (Å²) in [7, 11) is 3.17. The molecule has 0 amide bonds. The van der Waals surface area contributed by atoms with Crippen molar-refractivity contribution in [3.05, 3.63) is 0 Å². The van der Waals surface area contributed by atoms with Crippen LogP contribution in [-0.4, -0.2) is 45.2 Å². The molecule has 5 heteroatoms. The zero-order valence-electron chi connectivity index (χ0n) is 11.5. The fourth-order valence-electron chi connectivity index (χ4n) is 1.38. The minimum atomic E-state index is -0.360. The predicted octanol–water partition coefficient (Wildman–Crippen LogP) is 1.32. The van der Waals surface area contributed by atoms with Gasteiger partial charge in [-0.3, -0.25) is 4.79 Å². The van der Waals surface area contributed by atoms with Crippen molar-refractivity contribution >= 4 is 5.97 Å². The molecule has 0 saturated carbocycles. The van der Waals surface area contributed by atoms with Gasteiger partial charge in [-0.25, -0.2) is 0 Å². The zero-order chi connectivity index (χ0) is 13.3. The van der Waals surface area contributed by atoms with Gasteiger partial charge in [-0.05, 0) is 40.2 Å². The Balaban J connectivity index is 0.000000437. The van der Waals surface area contributed by atoms with Gasteiger partial charge in [0.15, 0.2) is 0 Å². The van der Waals surface area contributed by atoms with Crippen molar-refractivity contribution in [2.75, 3.05) is 27.6 Å². The Hall–Kier alpha value is -0.650. The summed E-state index contributed by atoms with van der Waals surface area (Å²) < 4.78 is 14.2. The van der Waals surface area contributed by atoms with Crippen LogP contribution < -0.4 is 5.32 Å². The van der Waals surface area contributed by atoms with Crippen LogP contribution in [0.25, 0.3) is 0 Å². The number of hydrogen-bond acceptors (Lipinski definition) is 5. The van der Waals surface area contributed by atoms with E-state index < -0.39 is 0 Å². The van der Waals surface area contributed by atoms with Crippen LogP contribution >= 0.6 is 0 Å². The van der Waals surface area contributed by atoms with E-state index in [2.05, 4.69) is 14.8 Å². The van der Waals surface area contributed by atoms with E-state index in [1.807, 2.05) is 20.8 Å². The van der Waals surface area contributed by atoms with E-state index in [1.165, 1.54) is 0 Å². The number of rotatable bonds is 3. The van der Waals surface area contributed by atoms with Crippen molar-refractivity contribution in [2.45, 2.75) is 45.3 Å². The van der Waals surface area contributed by atoms with Gasteiger partial charge >= 0.3 is 5.97 Å². The number of methoxy groups -OCH3 is 2. The summed E-state index contributed by atoms with van der Waals surface area (Å²) in [6.45, 7) is 6.99. The molecular weight excluding hydrogens is 222 g/mol. The fourth-order valence-corrected chi connectivity index (χ4v) is 1.38. The molecular formula is C12H25NO4. The highest BCUT2D eigenvalue weighted by Crippen LogP contribution is 2.12. The molecule has 0 aromatic carbocycles. The minimum Gasteiger partial charge on any atom is -0.459 e. The van der Waals surface area contributed by atoms with Crippen molar-refractivity contribution in [2.24, 2.45) is 0 Å². The Morgan fingerprint density at radius 1 is 1.29 bits per heavy atom. The SMILES string of the molecule is CC(C)(C)OC(=O)C1CCCN1.COCOC. The third-order valence-electron chi connectivity index (χ3n) is 1.99. The highest BCUT2D eigenvalue weighted by atomic mass is 16.6. The predicted molar refractivity (Wildman–Crippen MR) is 65.8 cm³/mol. The van der Waals surface area contributed by atoms with Crippen LogP contribution in [0.1, 0.15) is 33.6 Å². The summed E-state index contributed by atoms with van der Waals surface area (Å²) in [6, 6.07) is -0.0655. The van der Waals surface area contributed by atoms with Gasteiger partial charge in [0.25, 0.3) is 0 Å². The van der Waals surface area contributed by atoms with E-state index in [-0.39, 0.29) is 17.6 Å². The van der Waals surface area contributed by atoms with Crippen LogP contribution in [-0.2, 0) is 19.0 Å². The first-order valence-corrected chi connectivity index (χ1v) is 5.85. The summed E-state index contributed by atoms with van der Waals surface area (Å²) >= 11 is 0. The van der Waals surface area contributed by atoms with Gasteiger partial charge in [-0.1, -0.05) is 0 Å². The second kappa shape index (κ2) is 8.44. The number of ether oxygens (including phenoxy) is 3. The normalized spacial score (nSPS) is 19.5. The average molecular weight is 247 g/mol. The maximum absolute atomic E-state index is 11.4. The van der Waals surface area contributed by atoms with Gasteiger partial charge in [-0.2, -0.15) is 0 Å². The number of esters is 1. The topological polar surface area (TPSA) is 56.8 Å². The molecule has 0 aromatic heterocycles. The van der Waals surface area contributed by atoms with Crippen molar-refractivity contribution in [1.82, 2.24) is 5.32 Å². The molecule has 1 unspecified atom stereocenters. The van der Waals surface area contributed by atoms with Crippen LogP contribution in [0.5, 0.6) is 0 Å². The largest absolute Gasteiger partial charge is 0.459 e. The molecule has 0 aromatic rings. The molecule has 0 spiro atoms. The maximum atomic E-state index is 11.4. The summed E-state index contributed by atoms with van der Waals surface area (Å²) in [5, 5.41) is 3.10. The van der Waals surface area contributed by atoms with Crippen molar-refractivity contribution in [3.63, 3.8) is 0 Å². The lowest BCUT2D eigenvalue weighted by Crippen LogP contribution is -2.37. The van der Waals surface area contributed by atoms with Gasteiger partial charge in [0.2, 0.25) is 0 Å². The quantitative estimate of drug-likeness (QED) is 0.602. The fraction of sp³-hybridized carbons (Fsp3) is 0.917. The molecule has 1 aliphatic heterocycles. The Bertz CT molecular complexity index is 205. The van der Waals surface area contributed by atoms with E-state index >= 15 is 0 Å². The minimum absolute atomic E-state index is 0.0655. The summed E-state index contributed by atoms with van der Waals surface area (Å²) in [4.78, 5) is 11.4. The standard InChI is InChI=1S/C9H17NO2.C3H8O2/c1-9(2,3)12-8(11)7-5-4-6-10-7;1-4-3-5-2/h7,10H,4-6H2,1-3H3;3H2,1-2H3. The van der Waals surface area contributed by atoms with Crippen molar-refractivity contribution < 1.29 is 19.0 Å². The second-order valence-corrected chi connectivity index (χ2v) is 4.88. The molecule has 1 N–H and O–H groups in total. The molecule has 1 rings (SSSR count). The average Bonchev–Trinajstić information content (AvgIpc) is 2.69. The van der Waals surface area contributed by atoms with E-state index in [9.17, 15) is 4.79 Å². The number of nitrogens with one attached hydrogen (secondary N) is 1. The Labute approximate surface area is 104 Å². The van der Waals surface area contributed by atoms with Crippen LogP contribution in [0.4, 0.5) is 0 Å². The highest BCUT2D eigenvalue weighted by Gasteiger charge is 2.26. The maximum Gasteiger partial charge on any atom is 0.323 e. The molecule has 17 heavy (non-hydrogen) atoms. The molecule has 5 nitrogen and oxygen atoms in total.